The van der Waals surface area contributed by atoms with Gasteiger partial charge in [0.1, 0.15) is 11.6 Å². The maximum absolute atomic E-state index is 4.40. The fourth-order valence-corrected chi connectivity index (χ4v) is 1.99. The summed E-state index contributed by atoms with van der Waals surface area (Å²) >= 11 is 0. The van der Waals surface area contributed by atoms with Gasteiger partial charge < -0.3 is 10.3 Å². The van der Waals surface area contributed by atoms with Crippen molar-refractivity contribution in [2.24, 2.45) is 0 Å². The van der Waals surface area contributed by atoms with Gasteiger partial charge in [-0.3, -0.25) is 4.98 Å². The molecule has 0 amide bonds. The van der Waals surface area contributed by atoms with Crippen LogP contribution in [0.2, 0.25) is 0 Å². The average molecular weight is 265 g/mol. The standard InChI is InChI=1S/C15H15N5/c1-2-17-14-8-11(5-7-18-14)13-10-19-15(20-13)12-4-3-6-16-9-12/h3-10H,2H2,1H3,(H,17,18)(H,19,20). The Balaban J connectivity index is 1.92. The molecular weight excluding hydrogens is 250 g/mol. The van der Waals surface area contributed by atoms with E-state index in [0.29, 0.717) is 0 Å². The SMILES string of the molecule is CCNc1cc(-c2cnc(-c3cccnc3)[nH]2)ccn1. The first kappa shape index (κ1) is 12.3. The zero-order chi connectivity index (χ0) is 13.8. The summed E-state index contributed by atoms with van der Waals surface area (Å²) < 4.78 is 0. The average Bonchev–Trinajstić information content (AvgIpc) is 2.99. The number of nitrogens with zero attached hydrogens (tertiary/aromatic N) is 3. The Kier molecular flexibility index (Phi) is 3.41. The van der Waals surface area contributed by atoms with Gasteiger partial charge in [-0.05, 0) is 31.2 Å². The predicted octanol–water partition coefficient (Wildman–Crippen LogP) is 2.97. The molecule has 5 nitrogen and oxygen atoms in total. The number of nitrogens with one attached hydrogen (secondary N) is 2. The topological polar surface area (TPSA) is 66.5 Å². The molecule has 0 atom stereocenters. The van der Waals surface area contributed by atoms with Gasteiger partial charge >= 0.3 is 0 Å². The van der Waals surface area contributed by atoms with Crippen LogP contribution in [0.1, 0.15) is 6.92 Å². The number of anilines is 1. The van der Waals surface area contributed by atoms with Crippen LogP contribution in [0.25, 0.3) is 22.6 Å². The van der Waals surface area contributed by atoms with Gasteiger partial charge in [-0.25, -0.2) is 9.97 Å². The first-order valence-corrected chi connectivity index (χ1v) is 6.52. The quantitative estimate of drug-likeness (QED) is 0.761. The van der Waals surface area contributed by atoms with Crippen molar-refractivity contribution in [1.82, 2.24) is 19.9 Å². The minimum atomic E-state index is 0.815. The lowest BCUT2D eigenvalue weighted by Crippen LogP contribution is -1.98. The second-order valence-electron chi connectivity index (χ2n) is 4.35. The largest absolute Gasteiger partial charge is 0.370 e. The van der Waals surface area contributed by atoms with Gasteiger partial charge in [0.25, 0.3) is 0 Å². The molecule has 3 aromatic rings. The van der Waals surface area contributed by atoms with Gasteiger partial charge in [0, 0.05) is 36.3 Å². The van der Waals surface area contributed by atoms with E-state index in [2.05, 4.69) is 25.3 Å². The zero-order valence-electron chi connectivity index (χ0n) is 11.2. The summed E-state index contributed by atoms with van der Waals surface area (Å²) in [6, 6.07) is 7.84. The van der Waals surface area contributed by atoms with E-state index < -0.39 is 0 Å². The van der Waals surface area contributed by atoms with Crippen LogP contribution in [0.4, 0.5) is 5.82 Å². The fourth-order valence-electron chi connectivity index (χ4n) is 1.99. The molecule has 0 aliphatic rings. The molecule has 20 heavy (non-hydrogen) atoms. The Morgan fingerprint density at radius 1 is 1.10 bits per heavy atom. The molecule has 0 aliphatic heterocycles. The summed E-state index contributed by atoms with van der Waals surface area (Å²) in [5.74, 6) is 1.68. The lowest BCUT2D eigenvalue weighted by atomic mass is 10.2. The molecule has 0 aromatic carbocycles. The maximum atomic E-state index is 4.40. The molecule has 3 rings (SSSR count). The van der Waals surface area contributed by atoms with E-state index in [1.165, 1.54) is 0 Å². The molecule has 0 unspecified atom stereocenters. The van der Waals surface area contributed by atoms with E-state index in [1.807, 2.05) is 37.4 Å². The Morgan fingerprint density at radius 2 is 2.05 bits per heavy atom. The van der Waals surface area contributed by atoms with Crippen LogP contribution >= 0.6 is 0 Å². The van der Waals surface area contributed by atoms with Crippen LogP contribution < -0.4 is 5.32 Å². The summed E-state index contributed by atoms with van der Waals surface area (Å²) in [5, 5.41) is 3.20. The van der Waals surface area contributed by atoms with Crippen LogP contribution in [0, 0.1) is 0 Å². The molecule has 100 valence electrons. The highest BCUT2D eigenvalue weighted by atomic mass is 15.0. The summed E-state index contributed by atoms with van der Waals surface area (Å²) in [6.07, 6.45) is 7.16. The number of rotatable bonds is 4. The van der Waals surface area contributed by atoms with Gasteiger partial charge in [-0.2, -0.15) is 0 Å². The van der Waals surface area contributed by atoms with Gasteiger partial charge in [0.05, 0.1) is 11.9 Å². The molecule has 0 bridgehead atoms. The molecule has 0 aliphatic carbocycles. The molecule has 0 radical (unpaired) electrons. The van der Waals surface area contributed by atoms with Crippen LogP contribution in [-0.4, -0.2) is 26.5 Å². The predicted molar refractivity (Wildman–Crippen MR) is 79.2 cm³/mol. The van der Waals surface area contributed by atoms with Crippen LogP contribution in [0.3, 0.4) is 0 Å². The summed E-state index contributed by atoms with van der Waals surface area (Å²) in [6.45, 7) is 2.89. The highest BCUT2D eigenvalue weighted by Gasteiger charge is 2.06. The second kappa shape index (κ2) is 5.52. The Morgan fingerprint density at radius 3 is 2.85 bits per heavy atom. The van der Waals surface area contributed by atoms with Gasteiger partial charge in [0.2, 0.25) is 0 Å². The van der Waals surface area contributed by atoms with Crippen LogP contribution in [-0.2, 0) is 0 Å². The van der Waals surface area contributed by atoms with Gasteiger partial charge in [-0.15, -0.1) is 0 Å². The van der Waals surface area contributed by atoms with Gasteiger partial charge in [-0.1, -0.05) is 0 Å². The number of aromatic amines is 1. The first-order valence-electron chi connectivity index (χ1n) is 6.52. The second-order valence-corrected chi connectivity index (χ2v) is 4.35. The smallest absolute Gasteiger partial charge is 0.139 e. The van der Waals surface area contributed by atoms with E-state index in [9.17, 15) is 0 Å². The molecule has 0 spiro atoms. The van der Waals surface area contributed by atoms with Crippen molar-refractivity contribution in [3.05, 3.63) is 49.1 Å². The Hall–Kier alpha value is -2.69. The van der Waals surface area contributed by atoms with Crippen molar-refractivity contribution >= 4 is 5.82 Å². The van der Waals surface area contributed by atoms with Crippen molar-refractivity contribution in [1.29, 1.82) is 0 Å². The molecule has 3 heterocycles. The lowest BCUT2D eigenvalue weighted by molar-refractivity contribution is 1.16. The highest BCUT2D eigenvalue weighted by Crippen LogP contribution is 2.22. The minimum absolute atomic E-state index is 0.815. The number of pyridine rings is 2. The zero-order valence-corrected chi connectivity index (χ0v) is 11.2. The number of H-pyrrole nitrogens is 1. The number of hydrogen-bond acceptors (Lipinski definition) is 4. The molecule has 0 saturated heterocycles. The normalized spacial score (nSPS) is 10.4. The number of imidazole rings is 1. The Labute approximate surface area is 117 Å². The van der Waals surface area contributed by atoms with Crippen molar-refractivity contribution in [2.45, 2.75) is 6.92 Å². The maximum Gasteiger partial charge on any atom is 0.139 e. The first-order chi connectivity index (χ1) is 9.86. The van der Waals surface area contributed by atoms with Crippen molar-refractivity contribution in [3.8, 4) is 22.6 Å². The molecule has 0 saturated carbocycles. The molecule has 5 heteroatoms. The van der Waals surface area contributed by atoms with Crippen molar-refractivity contribution < 1.29 is 0 Å². The van der Waals surface area contributed by atoms with E-state index in [0.717, 1.165) is 35.0 Å². The third-order valence-corrected chi connectivity index (χ3v) is 2.94. The Bertz CT molecular complexity index is 690. The van der Waals surface area contributed by atoms with E-state index >= 15 is 0 Å². The lowest BCUT2D eigenvalue weighted by Gasteiger charge is -2.03. The van der Waals surface area contributed by atoms with Gasteiger partial charge in [0.15, 0.2) is 0 Å². The summed E-state index contributed by atoms with van der Waals surface area (Å²) in [7, 11) is 0. The number of hydrogen-bond donors (Lipinski definition) is 2. The molecule has 2 N–H and O–H groups in total. The van der Waals surface area contributed by atoms with Crippen LogP contribution in [0.15, 0.2) is 49.1 Å². The highest BCUT2D eigenvalue weighted by molar-refractivity contribution is 5.66. The van der Waals surface area contributed by atoms with Crippen molar-refractivity contribution in [2.75, 3.05) is 11.9 Å². The van der Waals surface area contributed by atoms with Crippen molar-refractivity contribution in [3.63, 3.8) is 0 Å². The van der Waals surface area contributed by atoms with E-state index in [4.69, 9.17) is 0 Å². The third-order valence-electron chi connectivity index (χ3n) is 2.94. The van der Waals surface area contributed by atoms with Crippen LogP contribution in [0.5, 0.6) is 0 Å². The fraction of sp³-hybridized carbons (Fsp3) is 0.133. The minimum Gasteiger partial charge on any atom is -0.370 e. The molecule has 0 fully saturated rings. The number of aromatic nitrogens is 4. The molecular formula is C15H15N5. The van der Waals surface area contributed by atoms with E-state index in [1.54, 1.807) is 18.6 Å². The summed E-state index contributed by atoms with van der Waals surface area (Å²) in [5.41, 5.74) is 2.99. The monoisotopic (exact) mass is 265 g/mol. The molecule has 3 aromatic heterocycles. The summed E-state index contributed by atoms with van der Waals surface area (Å²) in [4.78, 5) is 16.1. The van der Waals surface area contributed by atoms with E-state index in [-0.39, 0.29) is 0 Å². The third kappa shape index (κ3) is 2.51.